The van der Waals surface area contributed by atoms with Crippen LogP contribution in [0.4, 0.5) is 0 Å². The maximum Gasteiger partial charge on any atom is 0.289 e. The van der Waals surface area contributed by atoms with E-state index in [9.17, 15) is 9.59 Å². The fourth-order valence-corrected chi connectivity index (χ4v) is 0.606. The van der Waals surface area contributed by atoms with Crippen molar-refractivity contribution in [3.05, 3.63) is 12.7 Å². The van der Waals surface area contributed by atoms with Crippen LogP contribution in [-0.4, -0.2) is 24.3 Å². The lowest BCUT2D eigenvalue weighted by Gasteiger charge is -2.06. The Labute approximate surface area is 71.8 Å². The molecule has 0 aromatic carbocycles. The molecule has 0 fully saturated rings. The number of carbonyl (C=O) groups excluding carboxylic acids is 2. The molecule has 0 spiro atoms. The van der Waals surface area contributed by atoms with Crippen LogP contribution < -0.4 is 11.1 Å². The van der Waals surface area contributed by atoms with Gasteiger partial charge in [0.2, 0.25) is 5.78 Å². The molecule has 4 nitrogen and oxygen atoms in total. The van der Waals surface area contributed by atoms with Crippen LogP contribution >= 0.6 is 0 Å². The van der Waals surface area contributed by atoms with Gasteiger partial charge in [0, 0.05) is 6.54 Å². The lowest BCUT2D eigenvalue weighted by Crippen LogP contribution is -2.42. The van der Waals surface area contributed by atoms with Gasteiger partial charge in [-0.2, -0.15) is 0 Å². The van der Waals surface area contributed by atoms with Gasteiger partial charge in [0.1, 0.15) is 0 Å². The molecule has 4 heteroatoms. The van der Waals surface area contributed by atoms with Crippen LogP contribution in [0.1, 0.15) is 13.3 Å². The van der Waals surface area contributed by atoms with E-state index in [4.69, 9.17) is 5.73 Å². The number of hydrogen-bond donors (Lipinski definition) is 2. The van der Waals surface area contributed by atoms with Gasteiger partial charge in [-0.1, -0.05) is 13.0 Å². The van der Waals surface area contributed by atoms with Crippen molar-refractivity contribution in [3.63, 3.8) is 0 Å². The first kappa shape index (κ1) is 10.8. The molecule has 1 atom stereocenters. The van der Waals surface area contributed by atoms with Crippen LogP contribution in [-0.2, 0) is 9.59 Å². The number of amides is 1. The fraction of sp³-hybridized carbons (Fsp3) is 0.500. The molecule has 0 aromatic rings. The lowest BCUT2D eigenvalue weighted by atomic mass is 10.1. The summed E-state index contributed by atoms with van der Waals surface area (Å²) < 4.78 is 0. The van der Waals surface area contributed by atoms with Crippen LogP contribution in [0.25, 0.3) is 0 Å². The molecule has 1 unspecified atom stereocenters. The Kier molecular flexibility index (Phi) is 4.96. The Balaban J connectivity index is 3.92. The summed E-state index contributed by atoms with van der Waals surface area (Å²) >= 11 is 0. The molecular weight excluding hydrogens is 156 g/mol. The highest BCUT2D eigenvalue weighted by atomic mass is 16.2. The minimum atomic E-state index is -0.685. The first-order chi connectivity index (χ1) is 5.63. The molecule has 0 aromatic heterocycles. The second-order valence-corrected chi connectivity index (χ2v) is 2.38. The number of hydrogen-bond acceptors (Lipinski definition) is 3. The Morgan fingerprint density at radius 1 is 1.67 bits per heavy atom. The van der Waals surface area contributed by atoms with Crippen LogP contribution in [0.2, 0.25) is 0 Å². The van der Waals surface area contributed by atoms with Gasteiger partial charge in [0.15, 0.2) is 0 Å². The van der Waals surface area contributed by atoms with Crippen molar-refractivity contribution in [2.75, 3.05) is 6.54 Å². The summed E-state index contributed by atoms with van der Waals surface area (Å²) in [5, 5.41) is 2.36. The SMILES string of the molecule is C=CCNC(=O)C(=O)C(N)CC. The summed E-state index contributed by atoms with van der Waals surface area (Å²) in [6, 6.07) is -0.685. The first-order valence-electron chi connectivity index (χ1n) is 3.82. The average Bonchev–Trinajstić information content (AvgIpc) is 2.11. The topological polar surface area (TPSA) is 72.2 Å². The third-order valence-electron chi connectivity index (χ3n) is 1.41. The second kappa shape index (κ2) is 5.49. The quantitative estimate of drug-likeness (QED) is 0.435. The van der Waals surface area contributed by atoms with Gasteiger partial charge in [-0.25, -0.2) is 0 Å². The van der Waals surface area contributed by atoms with E-state index < -0.39 is 17.7 Å². The maximum atomic E-state index is 11.0. The monoisotopic (exact) mass is 170 g/mol. The Morgan fingerprint density at radius 2 is 2.25 bits per heavy atom. The Morgan fingerprint density at radius 3 is 2.67 bits per heavy atom. The number of nitrogens with one attached hydrogen (secondary N) is 1. The Hall–Kier alpha value is -1.16. The number of rotatable bonds is 5. The van der Waals surface area contributed by atoms with E-state index in [0.717, 1.165) is 0 Å². The van der Waals surface area contributed by atoms with Gasteiger partial charge >= 0.3 is 0 Å². The highest BCUT2D eigenvalue weighted by molar-refractivity contribution is 6.38. The minimum absolute atomic E-state index is 0.293. The van der Waals surface area contributed by atoms with Crippen LogP contribution in [0.5, 0.6) is 0 Å². The summed E-state index contributed by atoms with van der Waals surface area (Å²) in [7, 11) is 0. The third-order valence-corrected chi connectivity index (χ3v) is 1.41. The fourth-order valence-electron chi connectivity index (χ4n) is 0.606. The van der Waals surface area contributed by atoms with Gasteiger partial charge in [-0.15, -0.1) is 6.58 Å². The molecule has 0 heterocycles. The molecule has 0 aliphatic heterocycles. The summed E-state index contributed by atoms with van der Waals surface area (Å²) in [5.41, 5.74) is 5.35. The van der Waals surface area contributed by atoms with Gasteiger partial charge < -0.3 is 11.1 Å². The van der Waals surface area contributed by atoms with Crippen molar-refractivity contribution < 1.29 is 9.59 Å². The summed E-state index contributed by atoms with van der Waals surface area (Å²) in [5.74, 6) is -1.20. The van der Waals surface area contributed by atoms with Crippen molar-refractivity contribution in [1.82, 2.24) is 5.32 Å². The molecule has 3 N–H and O–H groups in total. The standard InChI is InChI=1S/C8H14N2O2/c1-3-5-10-8(12)7(11)6(9)4-2/h3,6H,1,4-5,9H2,2H3,(H,10,12). The largest absolute Gasteiger partial charge is 0.346 e. The van der Waals surface area contributed by atoms with Crippen molar-refractivity contribution in [1.29, 1.82) is 0 Å². The predicted octanol–water partition coefficient (Wildman–Crippen LogP) is -0.405. The van der Waals surface area contributed by atoms with Gasteiger partial charge in [0.25, 0.3) is 5.91 Å². The van der Waals surface area contributed by atoms with E-state index in [1.807, 2.05) is 0 Å². The van der Waals surface area contributed by atoms with Crippen LogP contribution in [0.15, 0.2) is 12.7 Å². The lowest BCUT2D eigenvalue weighted by molar-refractivity contribution is -0.138. The van der Waals surface area contributed by atoms with Crippen LogP contribution in [0.3, 0.4) is 0 Å². The third kappa shape index (κ3) is 3.30. The molecule has 0 aliphatic rings. The second-order valence-electron chi connectivity index (χ2n) is 2.38. The molecule has 12 heavy (non-hydrogen) atoms. The maximum absolute atomic E-state index is 11.0. The Bertz CT molecular complexity index is 189. The molecular formula is C8H14N2O2. The molecule has 0 saturated heterocycles. The molecule has 68 valence electrons. The number of Topliss-reactive ketones (excluding diaryl/α,β-unsaturated/α-hetero) is 1. The van der Waals surface area contributed by atoms with Crippen molar-refractivity contribution >= 4 is 11.7 Å². The summed E-state index contributed by atoms with van der Waals surface area (Å²) in [4.78, 5) is 21.9. The number of nitrogens with two attached hydrogens (primary N) is 1. The first-order valence-corrected chi connectivity index (χ1v) is 3.82. The number of carbonyl (C=O) groups is 2. The normalized spacial score (nSPS) is 11.8. The van der Waals surface area contributed by atoms with E-state index >= 15 is 0 Å². The predicted molar refractivity (Wildman–Crippen MR) is 46.5 cm³/mol. The highest BCUT2D eigenvalue weighted by Gasteiger charge is 2.18. The van der Waals surface area contributed by atoms with E-state index in [1.54, 1.807) is 6.92 Å². The van der Waals surface area contributed by atoms with Crippen molar-refractivity contribution in [3.8, 4) is 0 Å². The van der Waals surface area contributed by atoms with Crippen molar-refractivity contribution in [2.45, 2.75) is 19.4 Å². The molecule has 1 amide bonds. The molecule has 0 saturated carbocycles. The van der Waals surface area contributed by atoms with Crippen LogP contribution in [0, 0.1) is 0 Å². The number of ketones is 1. The average molecular weight is 170 g/mol. The smallest absolute Gasteiger partial charge is 0.289 e. The summed E-state index contributed by atoms with van der Waals surface area (Å²) in [6.07, 6.45) is 1.98. The molecule has 0 rings (SSSR count). The van der Waals surface area contributed by atoms with Gasteiger partial charge in [-0.3, -0.25) is 9.59 Å². The minimum Gasteiger partial charge on any atom is -0.346 e. The van der Waals surface area contributed by atoms with E-state index in [0.29, 0.717) is 13.0 Å². The zero-order chi connectivity index (χ0) is 9.56. The summed E-state index contributed by atoms with van der Waals surface area (Å²) in [6.45, 7) is 5.45. The van der Waals surface area contributed by atoms with Gasteiger partial charge in [-0.05, 0) is 6.42 Å². The molecule has 0 bridgehead atoms. The molecule has 0 aliphatic carbocycles. The van der Waals surface area contributed by atoms with E-state index in [2.05, 4.69) is 11.9 Å². The zero-order valence-corrected chi connectivity index (χ0v) is 7.17. The van der Waals surface area contributed by atoms with Crippen molar-refractivity contribution in [2.24, 2.45) is 5.73 Å². The van der Waals surface area contributed by atoms with Gasteiger partial charge in [0.05, 0.1) is 6.04 Å². The molecule has 0 radical (unpaired) electrons. The van der Waals surface area contributed by atoms with E-state index in [1.165, 1.54) is 6.08 Å². The zero-order valence-electron chi connectivity index (χ0n) is 7.17. The highest BCUT2D eigenvalue weighted by Crippen LogP contribution is 1.88. The van der Waals surface area contributed by atoms with E-state index in [-0.39, 0.29) is 0 Å².